The number of halogens is 1. The summed E-state index contributed by atoms with van der Waals surface area (Å²) in [5, 5.41) is 8.81. The molecule has 1 heterocycles. The van der Waals surface area contributed by atoms with Gasteiger partial charge in [-0.25, -0.2) is 13.6 Å². The number of nitrogens with zero attached hydrogens (tertiary/aromatic N) is 2. The summed E-state index contributed by atoms with van der Waals surface area (Å²) in [5.74, 6) is -0.627. The lowest BCUT2D eigenvalue weighted by Crippen LogP contribution is -2.39. The maximum atomic E-state index is 13.4. The van der Waals surface area contributed by atoms with Crippen LogP contribution in [0, 0.1) is 0 Å². The number of hydrogen-bond donors (Lipinski definition) is 2. The van der Waals surface area contributed by atoms with E-state index in [-0.39, 0.29) is 23.1 Å². The van der Waals surface area contributed by atoms with Gasteiger partial charge in [-0.1, -0.05) is 41.9 Å². The molecule has 2 amide bonds. The first kappa shape index (κ1) is 25.8. The van der Waals surface area contributed by atoms with E-state index in [1.807, 2.05) is 18.2 Å². The van der Waals surface area contributed by atoms with Crippen LogP contribution in [-0.2, 0) is 26.0 Å². The van der Waals surface area contributed by atoms with E-state index < -0.39 is 16.1 Å². The fourth-order valence-electron chi connectivity index (χ4n) is 3.92. The van der Waals surface area contributed by atoms with Crippen LogP contribution in [0.1, 0.15) is 12.0 Å². The van der Waals surface area contributed by atoms with Gasteiger partial charge in [0.2, 0.25) is 15.9 Å². The zero-order chi connectivity index (χ0) is 25.9. The summed E-state index contributed by atoms with van der Waals surface area (Å²) in [4.78, 5) is 29.5. The summed E-state index contributed by atoms with van der Waals surface area (Å²) in [6, 6.07) is 21.1. The van der Waals surface area contributed by atoms with Crippen LogP contribution in [0.5, 0.6) is 0 Å². The summed E-state index contributed by atoms with van der Waals surface area (Å²) in [7, 11) is -3.79. The van der Waals surface area contributed by atoms with Crippen LogP contribution in [0.25, 0.3) is 0 Å². The van der Waals surface area contributed by atoms with Gasteiger partial charge < -0.3 is 10.2 Å². The van der Waals surface area contributed by atoms with Gasteiger partial charge in [0, 0.05) is 17.3 Å². The molecule has 0 bridgehead atoms. The molecular weight excluding hydrogens is 520 g/mol. The van der Waals surface area contributed by atoms with E-state index in [1.54, 1.807) is 53.4 Å². The Balaban J connectivity index is 1.53. The average molecular weight is 543 g/mol. The highest BCUT2D eigenvalue weighted by Gasteiger charge is 2.43. The third-order valence-corrected chi connectivity index (χ3v) is 7.33. The van der Waals surface area contributed by atoms with Crippen molar-refractivity contribution in [3.63, 3.8) is 0 Å². The Morgan fingerprint density at radius 2 is 1.64 bits per heavy atom. The molecule has 1 fully saturated rings. The van der Waals surface area contributed by atoms with Gasteiger partial charge in [0.25, 0.3) is 5.91 Å². The van der Waals surface area contributed by atoms with Gasteiger partial charge in [-0.15, -0.1) is 0 Å². The highest BCUT2D eigenvalue weighted by Crippen LogP contribution is 2.28. The Labute approximate surface area is 219 Å². The van der Waals surface area contributed by atoms with E-state index in [2.05, 4.69) is 5.32 Å². The van der Waals surface area contributed by atoms with Gasteiger partial charge in [-0.05, 0) is 72.7 Å². The molecule has 3 aromatic carbocycles. The van der Waals surface area contributed by atoms with Gasteiger partial charge in [0.05, 0.1) is 17.0 Å². The second-order valence-electron chi connectivity index (χ2n) is 8.20. The average Bonchev–Trinajstić information content (AvgIpc) is 3.08. The first-order valence-electron chi connectivity index (χ1n) is 11.0. The van der Waals surface area contributed by atoms with Crippen molar-refractivity contribution >= 4 is 62.1 Å². The molecule has 8 nitrogen and oxygen atoms in total. The fourth-order valence-corrected chi connectivity index (χ4v) is 4.97. The summed E-state index contributed by atoms with van der Waals surface area (Å²) >= 11 is 11.6. The number of primary sulfonamides is 1. The quantitative estimate of drug-likeness (QED) is 0.421. The smallest absolute Gasteiger partial charge is 0.256 e. The molecule has 11 heteroatoms. The minimum atomic E-state index is -3.79. The summed E-state index contributed by atoms with van der Waals surface area (Å²) in [5.41, 5.74) is 2.02. The van der Waals surface area contributed by atoms with E-state index in [9.17, 15) is 18.0 Å². The van der Waals surface area contributed by atoms with Crippen molar-refractivity contribution in [2.45, 2.75) is 23.8 Å². The third kappa shape index (κ3) is 5.90. The largest absolute Gasteiger partial charge is 0.336 e. The number of nitrogens with one attached hydrogen (secondary N) is 1. The Morgan fingerprint density at radius 1 is 1.00 bits per heavy atom. The van der Waals surface area contributed by atoms with Crippen molar-refractivity contribution in [1.29, 1.82) is 0 Å². The van der Waals surface area contributed by atoms with E-state index in [0.717, 1.165) is 5.56 Å². The minimum absolute atomic E-state index is 0.0186. The molecule has 3 aromatic rings. The molecule has 1 saturated heterocycles. The summed E-state index contributed by atoms with van der Waals surface area (Å²) in [6.07, 6.45) is 0.367. The molecule has 0 radical (unpaired) electrons. The van der Waals surface area contributed by atoms with Crippen LogP contribution < -0.4 is 15.4 Å². The molecule has 36 heavy (non-hydrogen) atoms. The van der Waals surface area contributed by atoms with Crippen molar-refractivity contribution in [1.82, 2.24) is 4.90 Å². The van der Waals surface area contributed by atoms with Crippen LogP contribution in [0.4, 0.5) is 11.4 Å². The molecule has 0 spiro atoms. The second kappa shape index (κ2) is 10.8. The van der Waals surface area contributed by atoms with Crippen LogP contribution in [0.15, 0.2) is 83.8 Å². The standard InChI is InChI=1S/C25H23ClN4O4S2/c26-18-8-10-19(11-9-18)28-23(31)16-22-24(32)30(20-4-2-1-3-5-20)25(35)29(22)15-14-17-6-12-21(13-7-17)36(27,33)34/h1-13,22H,14-16H2,(H,28,31)(H2,27,33,34)/t22-/m1/s1. The van der Waals surface area contributed by atoms with E-state index in [4.69, 9.17) is 29.0 Å². The maximum absolute atomic E-state index is 13.4. The van der Waals surface area contributed by atoms with Crippen LogP contribution >= 0.6 is 23.8 Å². The number of benzene rings is 3. The Morgan fingerprint density at radius 3 is 2.25 bits per heavy atom. The monoisotopic (exact) mass is 542 g/mol. The number of amides is 2. The van der Waals surface area contributed by atoms with Crippen molar-refractivity contribution < 1.29 is 18.0 Å². The molecule has 0 aliphatic carbocycles. The van der Waals surface area contributed by atoms with Crippen molar-refractivity contribution in [2.24, 2.45) is 5.14 Å². The molecule has 1 atom stereocenters. The second-order valence-corrected chi connectivity index (χ2v) is 10.6. The normalized spacial score (nSPS) is 15.9. The molecule has 0 unspecified atom stereocenters. The molecule has 1 aliphatic heterocycles. The highest BCUT2D eigenvalue weighted by molar-refractivity contribution is 7.89. The van der Waals surface area contributed by atoms with E-state index in [1.165, 1.54) is 17.0 Å². The number of hydrogen-bond acceptors (Lipinski definition) is 5. The van der Waals surface area contributed by atoms with Crippen LogP contribution in [-0.4, -0.2) is 42.8 Å². The van der Waals surface area contributed by atoms with Crippen molar-refractivity contribution in [2.75, 3.05) is 16.8 Å². The molecule has 186 valence electrons. The van der Waals surface area contributed by atoms with E-state index >= 15 is 0 Å². The Hall–Kier alpha value is -3.31. The predicted molar refractivity (Wildman–Crippen MR) is 143 cm³/mol. The van der Waals surface area contributed by atoms with Crippen molar-refractivity contribution in [3.8, 4) is 0 Å². The first-order chi connectivity index (χ1) is 17.1. The van der Waals surface area contributed by atoms with Gasteiger partial charge in [-0.2, -0.15) is 0 Å². The number of anilines is 2. The molecular formula is C25H23ClN4O4S2. The van der Waals surface area contributed by atoms with E-state index in [0.29, 0.717) is 34.5 Å². The summed E-state index contributed by atoms with van der Waals surface area (Å²) < 4.78 is 23.0. The number of rotatable bonds is 8. The lowest BCUT2D eigenvalue weighted by Gasteiger charge is -2.24. The molecule has 4 rings (SSSR count). The number of nitrogens with two attached hydrogens (primary N) is 1. The van der Waals surface area contributed by atoms with Gasteiger partial charge in [-0.3, -0.25) is 14.5 Å². The number of thiocarbonyl (C=S) groups is 1. The lowest BCUT2D eigenvalue weighted by molar-refractivity contribution is -0.124. The zero-order valence-electron chi connectivity index (χ0n) is 19.0. The highest BCUT2D eigenvalue weighted by atomic mass is 35.5. The molecule has 0 saturated carbocycles. The van der Waals surface area contributed by atoms with Crippen LogP contribution in [0.3, 0.4) is 0 Å². The Bertz CT molecular complexity index is 1380. The van der Waals surface area contributed by atoms with Gasteiger partial charge >= 0.3 is 0 Å². The van der Waals surface area contributed by atoms with Gasteiger partial charge in [0.15, 0.2) is 5.11 Å². The Kier molecular flexibility index (Phi) is 7.70. The number of para-hydroxylation sites is 1. The lowest BCUT2D eigenvalue weighted by atomic mass is 10.1. The fraction of sp³-hybridized carbons (Fsp3) is 0.160. The summed E-state index contributed by atoms with van der Waals surface area (Å²) in [6.45, 7) is 0.349. The van der Waals surface area contributed by atoms with Crippen LogP contribution in [0.2, 0.25) is 5.02 Å². The minimum Gasteiger partial charge on any atom is -0.336 e. The SMILES string of the molecule is NS(=O)(=O)c1ccc(CCN2C(=S)N(c3ccccc3)C(=O)[C@H]2CC(=O)Nc2ccc(Cl)cc2)cc1. The zero-order valence-corrected chi connectivity index (χ0v) is 21.4. The number of carbonyl (C=O) groups is 2. The molecule has 1 aliphatic rings. The number of carbonyl (C=O) groups excluding carboxylic acids is 2. The number of sulfonamides is 1. The first-order valence-corrected chi connectivity index (χ1v) is 13.3. The molecule has 0 aromatic heterocycles. The van der Waals surface area contributed by atoms with Gasteiger partial charge in [0.1, 0.15) is 6.04 Å². The third-order valence-electron chi connectivity index (χ3n) is 5.73. The molecule has 3 N–H and O–H groups in total. The maximum Gasteiger partial charge on any atom is 0.256 e. The van der Waals surface area contributed by atoms with Crippen molar-refractivity contribution in [3.05, 3.63) is 89.4 Å². The predicted octanol–water partition coefficient (Wildman–Crippen LogP) is 3.56. The topological polar surface area (TPSA) is 113 Å².